The van der Waals surface area contributed by atoms with Crippen LogP contribution in [0.3, 0.4) is 0 Å². The van der Waals surface area contributed by atoms with Crippen LogP contribution in [-0.2, 0) is 14.4 Å². The lowest BCUT2D eigenvalue weighted by molar-refractivity contribution is -0.172. The third kappa shape index (κ3) is 2.73. The molecular weight excluding hydrogens is 204 g/mol. The molecule has 1 atom stereocenters. The van der Waals surface area contributed by atoms with Crippen LogP contribution in [0, 0.1) is 0 Å². The molecule has 0 aromatic rings. The smallest absolute Gasteiger partial charge is 0.401 e. The molecule has 1 unspecified atom stereocenters. The van der Waals surface area contributed by atoms with Crippen molar-refractivity contribution in [1.82, 2.24) is 0 Å². The molecule has 4 N–H and O–H groups in total. The van der Waals surface area contributed by atoms with Crippen molar-refractivity contribution in [3.63, 3.8) is 0 Å². The van der Waals surface area contributed by atoms with E-state index in [1.807, 2.05) is 0 Å². The highest BCUT2D eigenvalue weighted by Crippen LogP contribution is 2.17. The van der Waals surface area contributed by atoms with Crippen molar-refractivity contribution < 1.29 is 33.4 Å². The van der Waals surface area contributed by atoms with Crippen molar-refractivity contribution in [2.45, 2.75) is 18.4 Å². The van der Waals surface area contributed by atoms with E-state index < -0.39 is 36.1 Å². The highest BCUT2D eigenvalue weighted by Gasteiger charge is 2.49. The summed E-state index contributed by atoms with van der Waals surface area (Å²) < 4.78 is 24.8. The zero-order chi connectivity index (χ0) is 11.5. The van der Waals surface area contributed by atoms with Gasteiger partial charge < -0.3 is 15.9 Å². The number of hydrogen-bond donors (Lipinski definition) is 3. The van der Waals surface area contributed by atoms with Gasteiger partial charge in [0, 0.05) is 0 Å². The van der Waals surface area contributed by atoms with Gasteiger partial charge in [-0.05, 0) is 0 Å². The number of nitrogens with two attached hydrogens (primary N) is 1. The highest BCUT2D eigenvalue weighted by molar-refractivity contribution is 6.07. The molecule has 0 amide bonds. The SMILES string of the molecule is NC(CC(=O)O)C(=O)C(F)(F)C(=O)O. The summed E-state index contributed by atoms with van der Waals surface area (Å²) in [5.41, 5.74) is 4.77. The molecule has 0 aliphatic carbocycles. The number of halogens is 2. The topological polar surface area (TPSA) is 118 Å². The van der Waals surface area contributed by atoms with Gasteiger partial charge in [-0.25, -0.2) is 4.79 Å². The second kappa shape index (κ2) is 4.09. The van der Waals surface area contributed by atoms with Crippen molar-refractivity contribution in [3.05, 3.63) is 0 Å². The Bertz CT molecular complexity index is 277. The van der Waals surface area contributed by atoms with Gasteiger partial charge in [0.15, 0.2) is 0 Å². The zero-order valence-corrected chi connectivity index (χ0v) is 6.74. The number of Topliss-reactive ketones (excluding diaryl/α,β-unsaturated/α-hetero) is 1. The number of carboxylic acids is 2. The molecule has 14 heavy (non-hydrogen) atoms. The third-order valence-corrected chi connectivity index (χ3v) is 1.31. The molecule has 8 heteroatoms. The molecule has 0 bridgehead atoms. The van der Waals surface area contributed by atoms with E-state index in [0.717, 1.165) is 0 Å². The average Bonchev–Trinajstić information content (AvgIpc) is 2.01. The largest absolute Gasteiger partial charge is 0.481 e. The van der Waals surface area contributed by atoms with Gasteiger partial charge in [0.2, 0.25) is 5.78 Å². The minimum atomic E-state index is -4.64. The van der Waals surface area contributed by atoms with Crippen LogP contribution in [0.1, 0.15) is 6.42 Å². The summed E-state index contributed by atoms with van der Waals surface area (Å²) in [6.07, 6.45) is -1.04. The van der Waals surface area contributed by atoms with E-state index in [2.05, 4.69) is 0 Å². The number of carboxylic acid groups (broad SMARTS) is 2. The van der Waals surface area contributed by atoms with Crippen LogP contribution >= 0.6 is 0 Å². The Balaban J connectivity index is 4.61. The quantitative estimate of drug-likeness (QED) is 0.506. The Kier molecular flexibility index (Phi) is 3.63. The van der Waals surface area contributed by atoms with E-state index in [-0.39, 0.29) is 0 Å². The zero-order valence-electron chi connectivity index (χ0n) is 6.74. The molecule has 80 valence electrons. The maximum Gasteiger partial charge on any atom is 0.401 e. The van der Waals surface area contributed by atoms with Gasteiger partial charge in [-0.1, -0.05) is 0 Å². The van der Waals surface area contributed by atoms with E-state index in [1.54, 1.807) is 0 Å². The Morgan fingerprint density at radius 2 is 1.71 bits per heavy atom. The third-order valence-electron chi connectivity index (χ3n) is 1.31. The highest BCUT2D eigenvalue weighted by atomic mass is 19.3. The van der Waals surface area contributed by atoms with Crippen molar-refractivity contribution in [2.24, 2.45) is 5.73 Å². The number of hydrogen-bond acceptors (Lipinski definition) is 4. The van der Waals surface area contributed by atoms with Gasteiger partial charge in [0.1, 0.15) is 0 Å². The standard InChI is InChI=1S/C6H7F2NO5/c7-6(8,5(13)14)4(12)2(9)1-3(10)11/h2H,1,9H2,(H,10,11)(H,13,14). The fraction of sp³-hybridized carbons (Fsp3) is 0.500. The van der Waals surface area contributed by atoms with Crippen LogP contribution in [-0.4, -0.2) is 39.9 Å². The number of carbonyl (C=O) groups excluding carboxylic acids is 1. The van der Waals surface area contributed by atoms with E-state index in [9.17, 15) is 23.2 Å². The van der Waals surface area contributed by atoms with Gasteiger partial charge in [0.05, 0.1) is 12.5 Å². The van der Waals surface area contributed by atoms with Crippen molar-refractivity contribution in [2.75, 3.05) is 0 Å². The molecule has 0 spiro atoms. The van der Waals surface area contributed by atoms with Gasteiger partial charge in [-0.15, -0.1) is 0 Å². The molecule has 0 rings (SSSR count). The number of alkyl halides is 2. The number of aliphatic carboxylic acids is 2. The van der Waals surface area contributed by atoms with E-state index >= 15 is 0 Å². The molecule has 0 aromatic carbocycles. The number of rotatable bonds is 5. The lowest BCUT2D eigenvalue weighted by atomic mass is 10.0. The monoisotopic (exact) mass is 211 g/mol. The number of ketones is 1. The molecule has 0 aliphatic heterocycles. The van der Waals surface area contributed by atoms with Crippen LogP contribution in [0.15, 0.2) is 0 Å². The van der Waals surface area contributed by atoms with Crippen LogP contribution in [0.25, 0.3) is 0 Å². The Labute approximate surface area is 76.3 Å². The van der Waals surface area contributed by atoms with Crippen LogP contribution < -0.4 is 5.73 Å². The fourth-order valence-corrected chi connectivity index (χ4v) is 0.619. The molecule has 0 aromatic heterocycles. The van der Waals surface area contributed by atoms with Crippen LogP contribution in [0.4, 0.5) is 8.78 Å². The first-order chi connectivity index (χ1) is 6.19. The molecule has 0 heterocycles. The maximum absolute atomic E-state index is 12.4. The predicted molar refractivity (Wildman–Crippen MR) is 37.8 cm³/mol. The summed E-state index contributed by atoms with van der Waals surface area (Å²) in [6, 6.07) is -2.03. The first kappa shape index (κ1) is 12.4. The molecule has 6 nitrogen and oxygen atoms in total. The molecule has 0 fully saturated rings. The van der Waals surface area contributed by atoms with Gasteiger partial charge >= 0.3 is 17.9 Å². The lowest BCUT2D eigenvalue weighted by Gasteiger charge is -2.13. The molecule has 0 saturated heterocycles. The van der Waals surface area contributed by atoms with E-state index in [1.165, 1.54) is 0 Å². The summed E-state index contributed by atoms with van der Waals surface area (Å²) >= 11 is 0. The summed E-state index contributed by atoms with van der Waals surface area (Å²) in [6.45, 7) is 0. The maximum atomic E-state index is 12.4. The first-order valence-electron chi connectivity index (χ1n) is 3.32. The molecule has 0 aliphatic rings. The van der Waals surface area contributed by atoms with E-state index in [4.69, 9.17) is 15.9 Å². The molecule has 0 radical (unpaired) electrons. The van der Waals surface area contributed by atoms with E-state index in [0.29, 0.717) is 0 Å². The van der Waals surface area contributed by atoms with Gasteiger partial charge in [-0.3, -0.25) is 9.59 Å². The average molecular weight is 211 g/mol. The Morgan fingerprint density at radius 3 is 2.00 bits per heavy atom. The first-order valence-corrected chi connectivity index (χ1v) is 3.32. The van der Waals surface area contributed by atoms with Crippen LogP contribution in [0.2, 0.25) is 0 Å². The van der Waals surface area contributed by atoms with Crippen molar-refractivity contribution in [3.8, 4) is 0 Å². The summed E-state index contributed by atoms with van der Waals surface area (Å²) in [5, 5.41) is 16.0. The van der Waals surface area contributed by atoms with Crippen molar-refractivity contribution >= 4 is 17.7 Å². The molecular formula is C6H7F2NO5. The fourth-order valence-electron chi connectivity index (χ4n) is 0.619. The van der Waals surface area contributed by atoms with Gasteiger partial charge in [-0.2, -0.15) is 8.78 Å². The minimum Gasteiger partial charge on any atom is -0.481 e. The summed E-state index contributed by atoms with van der Waals surface area (Å²) in [4.78, 5) is 30.5. The Hall–Kier alpha value is -1.57. The second-order valence-corrected chi connectivity index (χ2v) is 2.45. The minimum absolute atomic E-state index is 1.04. The number of carbonyl (C=O) groups is 3. The molecule has 0 saturated carbocycles. The predicted octanol–water partition coefficient (Wildman–Crippen LogP) is -0.923. The summed E-state index contributed by atoms with van der Waals surface area (Å²) in [5.74, 6) is -11.0. The second-order valence-electron chi connectivity index (χ2n) is 2.45. The van der Waals surface area contributed by atoms with Gasteiger partial charge in [0.25, 0.3) is 0 Å². The normalized spacial score (nSPS) is 13.4. The lowest BCUT2D eigenvalue weighted by Crippen LogP contribution is -2.48. The van der Waals surface area contributed by atoms with Crippen LogP contribution in [0.5, 0.6) is 0 Å². The summed E-state index contributed by atoms with van der Waals surface area (Å²) in [7, 11) is 0. The Morgan fingerprint density at radius 1 is 1.29 bits per heavy atom. The van der Waals surface area contributed by atoms with Crippen molar-refractivity contribution in [1.29, 1.82) is 0 Å².